The Kier molecular flexibility index (Phi) is 5.72. The first-order valence-electron chi connectivity index (χ1n) is 6.15. The maximum Gasteiger partial charge on any atom is 0.417 e. The van der Waals surface area contributed by atoms with Crippen LogP contribution in [-0.2, 0) is 25.8 Å². The number of amides is 1. The highest BCUT2D eigenvalue weighted by Gasteiger charge is 2.38. The molecule has 11 heteroatoms. The second-order valence-electron chi connectivity index (χ2n) is 4.51. The molecular formula is C12H13F3N2O5S. The molecule has 0 saturated carbocycles. The van der Waals surface area contributed by atoms with E-state index in [1.54, 1.807) is 4.72 Å². The summed E-state index contributed by atoms with van der Waals surface area (Å²) in [4.78, 5) is 20.6. The molecule has 0 heterocycles. The van der Waals surface area contributed by atoms with Gasteiger partial charge in [0.1, 0.15) is 6.04 Å². The van der Waals surface area contributed by atoms with Crippen molar-refractivity contribution in [3.8, 4) is 0 Å². The second-order valence-corrected chi connectivity index (χ2v) is 6.19. The zero-order valence-electron chi connectivity index (χ0n) is 11.5. The molecule has 0 spiro atoms. The Labute approximate surface area is 129 Å². The molecule has 0 unspecified atom stereocenters. The monoisotopic (exact) mass is 354 g/mol. The molecular weight excluding hydrogens is 341 g/mol. The standard InChI is InChI=1S/C12H13F3N2O5S/c13-12(14,15)7-3-1-2-4-9(7)23(21,22)17-8(11(19)20)5-6-10(16)18/h1-4,8,17H,5-6H2,(H2,16,18)(H,19,20)/t8-/m0/s1. The molecule has 1 amide bonds. The van der Waals surface area contributed by atoms with E-state index < -0.39 is 57.4 Å². The van der Waals surface area contributed by atoms with Crippen molar-refractivity contribution < 1.29 is 36.3 Å². The summed E-state index contributed by atoms with van der Waals surface area (Å²) in [5.74, 6) is -2.51. The maximum atomic E-state index is 12.9. The lowest BCUT2D eigenvalue weighted by atomic mass is 10.2. The number of carbonyl (C=O) groups excluding carboxylic acids is 1. The van der Waals surface area contributed by atoms with Crippen LogP contribution in [0.1, 0.15) is 18.4 Å². The van der Waals surface area contributed by atoms with Gasteiger partial charge in [-0.3, -0.25) is 9.59 Å². The van der Waals surface area contributed by atoms with Crippen LogP contribution in [0.25, 0.3) is 0 Å². The topological polar surface area (TPSA) is 127 Å². The summed E-state index contributed by atoms with van der Waals surface area (Å²) < 4.78 is 64.4. The van der Waals surface area contributed by atoms with Gasteiger partial charge in [-0.25, -0.2) is 8.42 Å². The maximum absolute atomic E-state index is 12.9. The van der Waals surface area contributed by atoms with E-state index >= 15 is 0 Å². The van der Waals surface area contributed by atoms with Crippen LogP contribution in [-0.4, -0.2) is 31.4 Å². The highest BCUT2D eigenvalue weighted by Crippen LogP contribution is 2.33. The minimum atomic E-state index is -4.93. The number of hydrogen-bond acceptors (Lipinski definition) is 4. The van der Waals surface area contributed by atoms with Gasteiger partial charge in [-0.15, -0.1) is 0 Å². The van der Waals surface area contributed by atoms with Crippen LogP contribution in [0.3, 0.4) is 0 Å². The molecule has 128 valence electrons. The van der Waals surface area contributed by atoms with Gasteiger partial charge in [0.15, 0.2) is 0 Å². The SMILES string of the molecule is NC(=O)CC[C@H](NS(=O)(=O)c1ccccc1C(F)(F)F)C(=O)O. The lowest BCUT2D eigenvalue weighted by Crippen LogP contribution is -2.41. The van der Waals surface area contributed by atoms with E-state index in [-0.39, 0.29) is 0 Å². The van der Waals surface area contributed by atoms with E-state index in [0.717, 1.165) is 12.1 Å². The van der Waals surface area contributed by atoms with Gasteiger partial charge in [0.25, 0.3) is 0 Å². The van der Waals surface area contributed by atoms with Gasteiger partial charge in [-0.05, 0) is 18.6 Å². The van der Waals surface area contributed by atoms with Gasteiger partial charge < -0.3 is 10.8 Å². The molecule has 1 aromatic rings. The van der Waals surface area contributed by atoms with Gasteiger partial charge >= 0.3 is 12.1 Å². The number of carboxylic acid groups (broad SMARTS) is 1. The predicted octanol–water partition coefficient (Wildman–Crippen LogP) is 0.702. The number of carbonyl (C=O) groups is 2. The van der Waals surface area contributed by atoms with Crippen LogP contribution in [0, 0.1) is 0 Å². The molecule has 0 aliphatic carbocycles. The summed E-state index contributed by atoms with van der Waals surface area (Å²) in [6.07, 6.45) is -5.87. The Bertz CT molecular complexity index is 703. The van der Waals surface area contributed by atoms with Gasteiger partial charge in [0.05, 0.1) is 10.5 Å². The molecule has 0 aliphatic heterocycles. The highest BCUT2D eigenvalue weighted by atomic mass is 32.2. The molecule has 1 rings (SSSR count). The van der Waals surface area contributed by atoms with Gasteiger partial charge in [0, 0.05) is 6.42 Å². The van der Waals surface area contributed by atoms with Crippen molar-refractivity contribution in [3.05, 3.63) is 29.8 Å². The number of hydrogen-bond donors (Lipinski definition) is 3. The summed E-state index contributed by atoms with van der Waals surface area (Å²) in [5, 5.41) is 8.92. The number of aliphatic carboxylic acids is 1. The average molecular weight is 354 g/mol. The Hall–Kier alpha value is -2.14. The van der Waals surface area contributed by atoms with Gasteiger partial charge in [0.2, 0.25) is 15.9 Å². The fraction of sp³-hybridized carbons (Fsp3) is 0.333. The zero-order chi connectivity index (χ0) is 17.8. The van der Waals surface area contributed by atoms with Crippen molar-refractivity contribution in [1.29, 1.82) is 0 Å². The van der Waals surface area contributed by atoms with E-state index in [1.807, 2.05) is 0 Å². The minimum absolute atomic E-state index is 0.444. The van der Waals surface area contributed by atoms with Crippen LogP contribution in [0.5, 0.6) is 0 Å². The van der Waals surface area contributed by atoms with Crippen LogP contribution < -0.4 is 10.5 Å². The van der Waals surface area contributed by atoms with Crippen molar-refractivity contribution in [2.75, 3.05) is 0 Å². The molecule has 0 aromatic heterocycles. The first-order chi connectivity index (χ1) is 10.4. The van der Waals surface area contributed by atoms with E-state index in [2.05, 4.69) is 0 Å². The fourth-order valence-corrected chi connectivity index (χ4v) is 3.16. The van der Waals surface area contributed by atoms with Crippen molar-refractivity contribution in [1.82, 2.24) is 4.72 Å². The van der Waals surface area contributed by atoms with Crippen LogP contribution in [0.2, 0.25) is 0 Å². The molecule has 0 aliphatic rings. The molecule has 1 atom stereocenters. The molecule has 0 bridgehead atoms. The number of halogens is 3. The van der Waals surface area contributed by atoms with Crippen molar-refractivity contribution in [2.24, 2.45) is 5.73 Å². The molecule has 0 saturated heterocycles. The number of benzene rings is 1. The summed E-state index contributed by atoms with van der Waals surface area (Å²) in [7, 11) is -4.77. The number of sulfonamides is 1. The zero-order valence-corrected chi connectivity index (χ0v) is 12.3. The van der Waals surface area contributed by atoms with Crippen molar-refractivity contribution in [2.45, 2.75) is 30.0 Å². The Morgan fingerprint density at radius 3 is 2.30 bits per heavy atom. The number of primary amides is 1. The van der Waals surface area contributed by atoms with E-state index in [1.165, 1.54) is 0 Å². The molecule has 1 aromatic carbocycles. The van der Waals surface area contributed by atoms with Crippen LogP contribution >= 0.6 is 0 Å². The summed E-state index contributed by atoms with van der Waals surface area (Å²) in [6.45, 7) is 0. The Morgan fingerprint density at radius 1 is 1.26 bits per heavy atom. The third kappa shape index (κ3) is 5.21. The molecule has 7 nitrogen and oxygen atoms in total. The number of nitrogens with one attached hydrogen (secondary N) is 1. The quantitative estimate of drug-likeness (QED) is 0.664. The number of rotatable bonds is 7. The first-order valence-corrected chi connectivity index (χ1v) is 7.63. The smallest absolute Gasteiger partial charge is 0.417 e. The van der Waals surface area contributed by atoms with Crippen LogP contribution in [0.15, 0.2) is 29.2 Å². The summed E-state index contributed by atoms with van der Waals surface area (Å²) >= 11 is 0. The normalized spacial score (nSPS) is 13.5. The molecule has 0 fully saturated rings. The first kappa shape index (κ1) is 18.9. The number of alkyl halides is 3. The predicted molar refractivity (Wildman–Crippen MR) is 71.6 cm³/mol. The summed E-state index contributed by atoms with van der Waals surface area (Å²) in [5.41, 5.74) is 3.41. The number of carboxylic acids is 1. The van der Waals surface area contributed by atoms with Crippen molar-refractivity contribution in [3.63, 3.8) is 0 Å². The summed E-state index contributed by atoms with van der Waals surface area (Å²) in [6, 6.07) is 1.56. The van der Waals surface area contributed by atoms with Crippen LogP contribution in [0.4, 0.5) is 13.2 Å². The van der Waals surface area contributed by atoms with E-state index in [0.29, 0.717) is 12.1 Å². The number of nitrogens with two attached hydrogens (primary N) is 1. The van der Waals surface area contributed by atoms with Gasteiger partial charge in [-0.1, -0.05) is 12.1 Å². The lowest BCUT2D eigenvalue weighted by molar-refractivity contribution is -0.140. The van der Waals surface area contributed by atoms with E-state index in [9.17, 15) is 31.2 Å². The average Bonchev–Trinajstić information content (AvgIpc) is 2.42. The van der Waals surface area contributed by atoms with Crippen molar-refractivity contribution >= 4 is 21.9 Å². The second kappa shape index (κ2) is 6.96. The molecule has 23 heavy (non-hydrogen) atoms. The fourth-order valence-electron chi connectivity index (χ4n) is 1.71. The van der Waals surface area contributed by atoms with E-state index in [4.69, 9.17) is 10.8 Å². The molecule has 0 radical (unpaired) electrons. The Balaban J connectivity index is 3.16. The van der Waals surface area contributed by atoms with Gasteiger partial charge in [-0.2, -0.15) is 17.9 Å². The Morgan fingerprint density at radius 2 is 1.83 bits per heavy atom. The largest absolute Gasteiger partial charge is 0.480 e. The third-order valence-electron chi connectivity index (χ3n) is 2.76. The lowest BCUT2D eigenvalue weighted by Gasteiger charge is -2.17. The molecule has 4 N–H and O–H groups in total. The highest BCUT2D eigenvalue weighted by molar-refractivity contribution is 7.89. The third-order valence-corrected chi connectivity index (χ3v) is 4.29. The minimum Gasteiger partial charge on any atom is -0.480 e.